The lowest BCUT2D eigenvalue weighted by atomic mass is 9.93. The number of benzene rings is 3. The van der Waals surface area contributed by atoms with Gasteiger partial charge in [0.25, 0.3) is 0 Å². The second kappa shape index (κ2) is 5.65. The van der Waals surface area contributed by atoms with E-state index in [1.165, 1.54) is 38.6 Å². The summed E-state index contributed by atoms with van der Waals surface area (Å²) in [6.45, 7) is 6.51. The van der Waals surface area contributed by atoms with Crippen molar-refractivity contribution >= 4 is 26.7 Å². The normalized spacial score (nSPS) is 12.6. The number of fused-ring (bicyclic) bond motifs is 1. The van der Waals surface area contributed by atoms with Crippen LogP contribution in [0.25, 0.3) is 10.8 Å². The highest BCUT2D eigenvalue weighted by molar-refractivity contribution is 9.09. The molecular formula is C20H19Br. The molecule has 21 heavy (non-hydrogen) atoms. The van der Waals surface area contributed by atoms with Crippen molar-refractivity contribution in [3.63, 3.8) is 0 Å². The lowest BCUT2D eigenvalue weighted by Gasteiger charge is -2.18. The molecular weight excluding hydrogens is 320 g/mol. The van der Waals surface area contributed by atoms with E-state index in [4.69, 9.17) is 0 Å². The summed E-state index contributed by atoms with van der Waals surface area (Å²) < 4.78 is 0. The average Bonchev–Trinajstić information content (AvgIpc) is 2.45. The molecule has 0 aliphatic carbocycles. The fraction of sp³-hybridized carbons (Fsp3) is 0.200. The van der Waals surface area contributed by atoms with Crippen LogP contribution in [0.4, 0.5) is 0 Å². The maximum atomic E-state index is 3.93. The van der Waals surface area contributed by atoms with Gasteiger partial charge in [-0.15, -0.1) is 0 Å². The van der Waals surface area contributed by atoms with Crippen LogP contribution in [-0.4, -0.2) is 0 Å². The van der Waals surface area contributed by atoms with Crippen LogP contribution in [0.2, 0.25) is 0 Å². The van der Waals surface area contributed by atoms with Crippen molar-refractivity contribution in [2.75, 3.05) is 0 Å². The molecule has 0 nitrogen and oxygen atoms in total. The maximum absolute atomic E-state index is 3.93. The van der Waals surface area contributed by atoms with Gasteiger partial charge in [-0.3, -0.25) is 0 Å². The number of hydrogen-bond donors (Lipinski definition) is 0. The summed E-state index contributed by atoms with van der Waals surface area (Å²) in [6.07, 6.45) is 0. The highest BCUT2D eigenvalue weighted by Crippen LogP contribution is 2.38. The van der Waals surface area contributed by atoms with Crippen LogP contribution >= 0.6 is 15.9 Å². The Labute approximate surface area is 134 Å². The first-order chi connectivity index (χ1) is 10.1. The molecule has 0 fully saturated rings. The Balaban J connectivity index is 2.21. The molecule has 0 radical (unpaired) electrons. The third kappa shape index (κ3) is 2.75. The van der Waals surface area contributed by atoms with E-state index in [-0.39, 0.29) is 4.83 Å². The lowest BCUT2D eigenvalue weighted by molar-refractivity contribution is 1.14. The lowest BCUT2D eigenvalue weighted by Crippen LogP contribution is -1.98. The number of halogens is 1. The zero-order valence-electron chi connectivity index (χ0n) is 12.7. The van der Waals surface area contributed by atoms with E-state index in [0.29, 0.717) is 0 Å². The van der Waals surface area contributed by atoms with Crippen molar-refractivity contribution < 1.29 is 0 Å². The number of rotatable bonds is 2. The molecule has 0 aliphatic rings. The molecule has 3 aromatic carbocycles. The van der Waals surface area contributed by atoms with Gasteiger partial charge in [0, 0.05) is 0 Å². The van der Waals surface area contributed by atoms with Gasteiger partial charge in [0.15, 0.2) is 0 Å². The molecule has 0 aliphatic heterocycles. The summed E-state index contributed by atoms with van der Waals surface area (Å²) in [7, 11) is 0. The zero-order chi connectivity index (χ0) is 15.0. The molecule has 1 atom stereocenters. The molecule has 0 aromatic heterocycles. The van der Waals surface area contributed by atoms with Crippen molar-refractivity contribution in [3.05, 3.63) is 82.4 Å². The van der Waals surface area contributed by atoms with Gasteiger partial charge < -0.3 is 0 Å². The van der Waals surface area contributed by atoms with Crippen LogP contribution in [0.5, 0.6) is 0 Å². The Hall–Kier alpha value is -1.60. The molecule has 3 rings (SSSR count). The summed E-state index contributed by atoms with van der Waals surface area (Å²) in [5, 5.41) is 2.63. The van der Waals surface area contributed by atoms with Crippen LogP contribution in [0.1, 0.15) is 32.6 Å². The fourth-order valence-electron chi connectivity index (χ4n) is 3.06. The second-order valence-electron chi connectivity index (χ2n) is 5.80. The largest absolute Gasteiger partial charge is 0.0786 e. The smallest absolute Gasteiger partial charge is 0.0653 e. The van der Waals surface area contributed by atoms with E-state index in [0.717, 1.165) is 0 Å². The number of aryl methyl sites for hydroxylation is 3. The molecule has 0 spiro atoms. The Bertz CT molecular complexity index is 782. The Morgan fingerprint density at radius 2 is 1.48 bits per heavy atom. The predicted molar refractivity (Wildman–Crippen MR) is 95.4 cm³/mol. The predicted octanol–water partition coefficient (Wildman–Crippen LogP) is 6.25. The summed E-state index contributed by atoms with van der Waals surface area (Å²) in [5.74, 6) is 0. The zero-order valence-corrected chi connectivity index (χ0v) is 14.2. The number of alkyl halides is 1. The second-order valence-corrected chi connectivity index (χ2v) is 6.72. The van der Waals surface area contributed by atoms with Gasteiger partial charge in [-0.25, -0.2) is 0 Å². The standard InChI is InChI=1S/C20H19Br/c1-13-10-14(2)12-17(11-13)20(21)19-15(3)8-9-16-6-4-5-7-18(16)19/h4-12,20H,1-3H3. The number of hydrogen-bond acceptors (Lipinski definition) is 0. The van der Waals surface area contributed by atoms with Gasteiger partial charge in [-0.2, -0.15) is 0 Å². The van der Waals surface area contributed by atoms with Gasteiger partial charge in [0.2, 0.25) is 0 Å². The van der Waals surface area contributed by atoms with E-state index >= 15 is 0 Å². The summed E-state index contributed by atoms with van der Waals surface area (Å²) >= 11 is 3.93. The first-order valence-corrected chi connectivity index (χ1v) is 8.18. The van der Waals surface area contributed by atoms with Gasteiger partial charge >= 0.3 is 0 Å². The Morgan fingerprint density at radius 1 is 0.810 bits per heavy atom. The average molecular weight is 339 g/mol. The molecule has 106 valence electrons. The summed E-state index contributed by atoms with van der Waals surface area (Å²) in [4.78, 5) is 0.224. The van der Waals surface area contributed by atoms with Crippen LogP contribution in [0, 0.1) is 20.8 Å². The molecule has 0 amide bonds. The highest BCUT2D eigenvalue weighted by atomic mass is 79.9. The fourth-order valence-corrected chi connectivity index (χ4v) is 3.94. The van der Waals surface area contributed by atoms with Crippen LogP contribution in [0.3, 0.4) is 0 Å². The van der Waals surface area contributed by atoms with E-state index < -0.39 is 0 Å². The topological polar surface area (TPSA) is 0 Å². The minimum atomic E-state index is 0.224. The Morgan fingerprint density at radius 3 is 2.19 bits per heavy atom. The minimum Gasteiger partial charge on any atom is -0.0786 e. The molecule has 0 saturated heterocycles. The van der Waals surface area contributed by atoms with Crippen molar-refractivity contribution in [2.24, 2.45) is 0 Å². The quantitative estimate of drug-likeness (QED) is 0.484. The maximum Gasteiger partial charge on any atom is 0.0653 e. The minimum absolute atomic E-state index is 0.224. The third-order valence-corrected chi connectivity index (χ3v) is 4.97. The van der Waals surface area contributed by atoms with Gasteiger partial charge in [-0.1, -0.05) is 81.7 Å². The summed E-state index contributed by atoms with van der Waals surface area (Å²) in [6, 6.07) is 19.8. The van der Waals surface area contributed by atoms with E-state index in [1.54, 1.807) is 0 Å². The van der Waals surface area contributed by atoms with Crippen molar-refractivity contribution in [1.29, 1.82) is 0 Å². The molecule has 1 heteroatoms. The van der Waals surface area contributed by atoms with Crippen molar-refractivity contribution in [1.82, 2.24) is 0 Å². The van der Waals surface area contributed by atoms with E-state index in [9.17, 15) is 0 Å². The first kappa shape index (κ1) is 14.3. The molecule has 3 aromatic rings. The van der Waals surface area contributed by atoms with Crippen LogP contribution in [-0.2, 0) is 0 Å². The van der Waals surface area contributed by atoms with E-state index in [1.807, 2.05) is 0 Å². The van der Waals surface area contributed by atoms with E-state index in [2.05, 4.69) is 91.3 Å². The van der Waals surface area contributed by atoms with Crippen molar-refractivity contribution in [2.45, 2.75) is 25.6 Å². The highest BCUT2D eigenvalue weighted by Gasteiger charge is 2.16. The third-order valence-electron chi connectivity index (χ3n) is 3.98. The van der Waals surface area contributed by atoms with Gasteiger partial charge in [0.1, 0.15) is 0 Å². The monoisotopic (exact) mass is 338 g/mol. The van der Waals surface area contributed by atoms with Crippen LogP contribution < -0.4 is 0 Å². The first-order valence-electron chi connectivity index (χ1n) is 7.27. The van der Waals surface area contributed by atoms with Crippen LogP contribution in [0.15, 0.2) is 54.6 Å². The summed E-state index contributed by atoms with van der Waals surface area (Å²) in [5.41, 5.74) is 6.65. The SMILES string of the molecule is Cc1cc(C)cc(C(Br)c2c(C)ccc3ccccc23)c1. The molecule has 1 unspecified atom stereocenters. The Kier molecular flexibility index (Phi) is 3.86. The molecule has 0 saturated carbocycles. The molecule has 0 heterocycles. The van der Waals surface area contributed by atoms with Gasteiger partial charge in [0.05, 0.1) is 4.83 Å². The van der Waals surface area contributed by atoms with Gasteiger partial charge in [-0.05, 0) is 48.2 Å². The molecule has 0 bridgehead atoms. The van der Waals surface area contributed by atoms with Crippen molar-refractivity contribution in [3.8, 4) is 0 Å². The molecule has 0 N–H and O–H groups in total.